The highest BCUT2D eigenvalue weighted by atomic mass is 16.5. The number of rotatable bonds is 9. The molecule has 2 unspecified atom stereocenters. The first-order valence-corrected chi connectivity index (χ1v) is 21.3. The number of hydrogen-bond donors (Lipinski definition) is 6. The van der Waals surface area contributed by atoms with E-state index in [-0.39, 0.29) is 24.2 Å². The number of aliphatic hydroxyl groups is 1. The molecule has 15 heteroatoms. The third-order valence-electron chi connectivity index (χ3n) is 13.1. The summed E-state index contributed by atoms with van der Waals surface area (Å²) in [6.45, 7) is 10.9. The van der Waals surface area contributed by atoms with E-state index >= 15 is 0 Å². The number of aryl methyl sites for hydroxylation is 2. The molecular formula is C45H56N10O5. The van der Waals surface area contributed by atoms with Crippen molar-refractivity contribution < 1.29 is 24.5 Å². The van der Waals surface area contributed by atoms with E-state index in [4.69, 9.17) is 15.5 Å². The van der Waals surface area contributed by atoms with Crippen molar-refractivity contribution in [2.45, 2.75) is 64.3 Å². The lowest BCUT2D eigenvalue weighted by atomic mass is 9.85. The number of ether oxygens (including phenoxy) is 1. The van der Waals surface area contributed by atoms with Gasteiger partial charge in [-0.1, -0.05) is 30.3 Å². The molecule has 3 saturated heterocycles. The van der Waals surface area contributed by atoms with E-state index in [9.17, 15) is 19.8 Å². The summed E-state index contributed by atoms with van der Waals surface area (Å²) in [5, 5.41) is 25.5. The lowest BCUT2D eigenvalue weighted by molar-refractivity contribution is -0.120. The summed E-state index contributed by atoms with van der Waals surface area (Å²) in [6, 6.07) is 15.5. The first-order chi connectivity index (χ1) is 29.1. The van der Waals surface area contributed by atoms with Gasteiger partial charge in [0, 0.05) is 82.0 Å². The summed E-state index contributed by atoms with van der Waals surface area (Å²) < 4.78 is 8.60. The molecule has 2 atom stereocenters. The summed E-state index contributed by atoms with van der Waals surface area (Å²) in [4.78, 5) is 37.5. The number of amides is 3. The van der Waals surface area contributed by atoms with Crippen molar-refractivity contribution in [1.29, 1.82) is 0 Å². The van der Waals surface area contributed by atoms with Crippen LogP contribution >= 0.6 is 0 Å². The number of anilines is 1. The van der Waals surface area contributed by atoms with Crippen LogP contribution in [-0.2, 0) is 9.53 Å². The van der Waals surface area contributed by atoms with Gasteiger partial charge in [-0.3, -0.25) is 30.8 Å². The molecular weight excluding hydrogens is 761 g/mol. The first-order valence-electron chi connectivity index (χ1n) is 21.3. The number of nitrogens with zero attached hydrogens (tertiary/aromatic N) is 6. The van der Waals surface area contributed by atoms with E-state index in [2.05, 4.69) is 73.7 Å². The van der Waals surface area contributed by atoms with E-state index in [0.29, 0.717) is 55.3 Å². The molecule has 1 aliphatic carbocycles. The summed E-state index contributed by atoms with van der Waals surface area (Å²) in [5.74, 6) is 1.10. The van der Waals surface area contributed by atoms with Gasteiger partial charge < -0.3 is 35.1 Å². The van der Waals surface area contributed by atoms with Crippen LogP contribution in [-0.4, -0.2) is 105 Å². The zero-order chi connectivity index (χ0) is 41.5. The predicted molar refractivity (Wildman–Crippen MR) is 229 cm³/mol. The average Bonchev–Trinajstić information content (AvgIpc) is 3.59. The summed E-state index contributed by atoms with van der Waals surface area (Å²) in [7, 11) is 0. The lowest BCUT2D eigenvalue weighted by Crippen LogP contribution is -2.49. The molecule has 3 amide bonds. The largest absolute Gasteiger partial charge is 0.507 e. The Hall–Kier alpha value is -5.61. The van der Waals surface area contributed by atoms with Crippen molar-refractivity contribution in [2.75, 3.05) is 63.9 Å². The average molecular weight is 817 g/mol. The van der Waals surface area contributed by atoms with Crippen molar-refractivity contribution in [3.8, 4) is 5.75 Å². The number of phenolic OH excluding ortho intramolecular Hbond substituents is 1. The van der Waals surface area contributed by atoms with Crippen LogP contribution in [0.15, 0.2) is 78.5 Å². The minimum Gasteiger partial charge on any atom is -0.507 e. The maximum atomic E-state index is 12.4. The molecule has 4 fully saturated rings. The van der Waals surface area contributed by atoms with Crippen LogP contribution in [0.4, 0.5) is 10.5 Å². The minimum absolute atomic E-state index is 0.165. The number of piperazine rings is 1. The number of phenols is 1. The Bertz CT molecular complexity index is 2330. The first kappa shape index (κ1) is 39.8. The number of nitrogens with two attached hydrogens (primary N) is 1. The molecule has 2 aromatic carbocycles. The van der Waals surface area contributed by atoms with Crippen molar-refractivity contribution in [3.05, 3.63) is 106 Å². The number of carbonyl (C=O) groups is 2. The zero-order valence-electron chi connectivity index (χ0n) is 34.4. The number of imide groups is 1. The van der Waals surface area contributed by atoms with Crippen molar-refractivity contribution >= 4 is 34.4 Å². The number of fused-ring (bicyclic) bond motifs is 1. The number of pyridine rings is 1. The number of para-hydroxylation sites is 1. The highest BCUT2D eigenvalue weighted by Crippen LogP contribution is 2.37. The molecule has 2 aromatic heterocycles. The van der Waals surface area contributed by atoms with Crippen LogP contribution in [0.1, 0.15) is 78.3 Å². The fraction of sp³-hybridized carbons (Fsp3) is 0.444. The molecule has 0 bridgehead atoms. The normalized spacial score (nSPS) is 23.9. The molecule has 316 valence electrons. The van der Waals surface area contributed by atoms with Gasteiger partial charge in [-0.25, -0.2) is 9.78 Å². The number of aromatic hydroxyl groups is 1. The van der Waals surface area contributed by atoms with E-state index in [0.717, 1.165) is 103 Å². The monoisotopic (exact) mass is 816 g/mol. The van der Waals surface area contributed by atoms with Gasteiger partial charge in [0.2, 0.25) is 5.91 Å². The summed E-state index contributed by atoms with van der Waals surface area (Å²) in [6.07, 6.45) is 9.90. The van der Waals surface area contributed by atoms with Crippen LogP contribution in [0.2, 0.25) is 0 Å². The fourth-order valence-electron chi connectivity index (χ4n) is 9.69. The number of hydrogen-bond acceptors (Lipinski definition) is 12. The van der Waals surface area contributed by atoms with E-state index in [1.807, 2.05) is 24.3 Å². The smallest absolute Gasteiger partial charge is 0.328 e. The van der Waals surface area contributed by atoms with Gasteiger partial charge in [0.1, 0.15) is 29.5 Å². The number of allylic oxidation sites excluding steroid dienone is 1. The zero-order valence-corrected chi connectivity index (χ0v) is 34.4. The molecule has 7 N–H and O–H groups in total. The molecule has 1 saturated carbocycles. The standard InChI is InChI=1S/C45H56N10O5/c1-28-21-31(40-27-53(19-20-60-40)38-23-37(49-50-42(38)46)35-5-3-4-6-39(35)56)9-12-34(28)44(58)52-17-15-51(16-18-52)26-30-7-10-32(11-8-30)55-25-29(2)36-22-33(24-47-43(36)55)54-14-13-41(57)48-45(54)59/h3-6,9,12,21-25,30,32,40,44,49-50,56,58H,7-8,10-11,13-20,26-27,46H2,1-2H3,(H,48,57,59). The van der Waals surface area contributed by atoms with Gasteiger partial charge in [-0.05, 0) is 92.0 Å². The number of aromatic nitrogens is 2. The Labute approximate surface area is 350 Å². The van der Waals surface area contributed by atoms with Crippen molar-refractivity contribution in [2.24, 2.45) is 11.7 Å². The van der Waals surface area contributed by atoms with Gasteiger partial charge in [-0.15, -0.1) is 0 Å². The maximum absolute atomic E-state index is 12.4. The SMILES string of the molecule is Cc1cc(C2CN(C3=C(N)NNC(c4ccccc4O)=C3)CCO2)ccc1C(O)N1CCN(CC2CCC(n3cc(C)c4cc(N5CCC(=O)NC5=O)cnc43)CC2)CC1. The highest BCUT2D eigenvalue weighted by Gasteiger charge is 2.31. The van der Waals surface area contributed by atoms with Crippen LogP contribution in [0.3, 0.4) is 0 Å². The number of nitrogens with one attached hydrogen (secondary N) is 3. The van der Waals surface area contributed by atoms with Crippen molar-refractivity contribution in [3.63, 3.8) is 0 Å². The molecule has 5 aliphatic rings. The maximum Gasteiger partial charge on any atom is 0.328 e. The quantitative estimate of drug-likeness (QED) is 0.140. The van der Waals surface area contributed by atoms with Crippen LogP contribution < -0.4 is 26.8 Å². The van der Waals surface area contributed by atoms with Crippen LogP contribution in [0.5, 0.6) is 5.75 Å². The molecule has 4 aromatic rings. The molecule has 9 rings (SSSR count). The Morgan fingerprint density at radius 3 is 2.52 bits per heavy atom. The molecule has 4 aliphatic heterocycles. The molecule has 60 heavy (non-hydrogen) atoms. The number of morpholine rings is 1. The highest BCUT2D eigenvalue weighted by molar-refractivity contribution is 6.06. The van der Waals surface area contributed by atoms with E-state index in [1.165, 1.54) is 0 Å². The molecule has 6 heterocycles. The predicted octanol–water partition coefficient (Wildman–Crippen LogP) is 4.50. The minimum atomic E-state index is -0.671. The Kier molecular flexibility index (Phi) is 11.2. The number of benzene rings is 2. The van der Waals surface area contributed by atoms with Crippen LogP contribution in [0.25, 0.3) is 16.7 Å². The third kappa shape index (κ3) is 8.01. The lowest BCUT2D eigenvalue weighted by Gasteiger charge is -2.40. The number of carbonyl (C=O) groups excluding carboxylic acids is 2. The van der Waals surface area contributed by atoms with E-state index < -0.39 is 12.3 Å². The fourth-order valence-corrected chi connectivity index (χ4v) is 9.69. The molecule has 0 radical (unpaired) electrons. The molecule has 15 nitrogen and oxygen atoms in total. The van der Waals surface area contributed by atoms with Gasteiger partial charge in [0.05, 0.1) is 29.9 Å². The van der Waals surface area contributed by atoms with Crippen LogP contribution in [0, 0.1) is 19.8 Å². The second-order valence-electron chi connectivity index (χ2n) is 17.0. The second-order valence-corrected chi connectivity index (χ2v) is 17.0. The Balaban J connectivity index is 0.762. The summed E-state index contributed by atoms with van der Waals surface area (Å²) >= 11 is 0. The topological polar surface area (TPSA) is 177 Å². The van der Waals surface area contributed by atoms with Gasteiger partial charge in [-0.2, -0.15) is 0 Å². The Morgan fingerprint density at radius 2 is 1.75 bits per heavy atom. The summed E-state index contributed by atoms with van der Waals surface area (Å²) in [5.41, 5.74) is 20.7. The van der Waals surface area contributed by atoms with E-state index in [1.54, 1.807) is 23.2 Å². The van der Waals surface area contributed by atoms with Crippen molar-refractivity contribution in [1.82, 2.24) is 40.4 Å². The number of aliphatic hydroxyl groups excluding tert-OH is 1. The van der Waals surface area contributed by atoms with Gasteiger partial charge in [0.15, 0.2) is 0 Å². The number of hydrazine groups is 1. The Morgan fingerprint density at radius 1 is 0.950 bits per heavy atom. The molecule has 0 spiro atoms. The van der Waals surface area contributed by atoms with Gasteiger partial charge in [0.25, 0.3) is 0 Å². The number of urea groups is 1. The third-order valence-corrected chi connectivity index (χ3v) is 13.1. The second kappa shape index (κ2) is 16.8. The van der Waals surface area contributed by atoms with Gasteiger partial charge >= 0.3 is 6.03 Å².